The lowest BCUT2D eigenvalue weighted by molar-refractivity contribution is 0.566. The zero-order chi connectivity index (χ0) is 14.8. The van der Waals surface area contributed by atoms with Crippen LogP contribution in [0, 0.1) is 0 Å². The van der Waals surface area contributed by atoms with Crippen molar-refractivity contribution in [1.29, 1.82) is 0 Å². The number of hydrogen-bond acceptors (Lipinski definition) is 4. The van der Waals surface area contributed by atoms with Crippen LogP contribution in [0.25, 0.3) is 11.0 Å². The summed E-state index contributed by atoms with van der Waals surface area (Å²) in [6.45, 7) is 4.64. The van der Waals surface area contributed by atoms with Gasteiger partial charge in [0.15, 0.2) is 5.16 Å². The van der Waals surface area contributed by atoms with Gasteiger partial charge in [-0.15, -0.1) is 0 Å². The van der Waals surface area contributed by atoms with E-state index in [0.717, 1.165) is 16.2 Å². The van der Waals surface area contributed by atoms with Crippen LogP contribution in [0.15, 0.2) is 29.4 Å². The van der Waals surface area contributed by atoms with Gasteiger partial charge in [-0.1, -0.05) is 23.9 Å². The van der Waals surface area contributed by atoms with Crippen LogP contribution in [0.2, 0.25) is 0 Å². The molecule has 0 aliphatic heterocycles. The summed E-state index contributed by atoms with van der Waals surface area (Å²) in [6, 6.07) is 8.34. The van der Waals surface area contributed by atoms with Gasteiger partial charge in [0.05, 0.1) is 17.3 Å². The van der Waals surface area contributed by atoms with Crippen molar-refractivity contribution in [2.45, 2.75) is 25.0 Å². The summed E-state index contributed by atoms with van der Waals surface area (Å²) in [5.41, 5.74) is 2.08. The van der Waals surface area contributed by atoms with E-state index in [2.05, 4.69) is 34.2 Å². The Balaban J connectivity index is 2.15. The number of imidazole rings is 1. The summed E-state index contributed by atoms with van der Waals surface area (Å²) in [4.78, 5) is 4.62. The Labute approximate surface area is 123 Å². The van der Waals surface area contributed by atoms with E-state index in [9.17, 15) is 8.42 Å². The molecule has 0 aliphatic carbocycles. The molecule has 0 saturated carbocycles. The van der Waals surface area contributed by atoms with Crippen molar-refractivity contribution in [2.24, 2.45) is 0 Å². The largest absolute Gasteiger partial charge is 0.316 e. The van der Waals surface area contributed by atoms with E-state index < -0.39 is 10.0 Å². The van der Waals surface area contributed by atoms with Gasteiger partial charge in [0.2, 0.25) is 10.0 Å². The maximum absolute atomic E-state index is 11.0. The smallest absolute Gasteiger partial charge is 0.208 e. The molecule has 1 heterocycles. The van der Waals surface area contributed by atoms with Gasteiger partial charge in [0.1, 0.15) is 0 Å². The minimum absolute atomic E-state index is 0.313. The Kier molecular flexibility index (Phi) is 4.72. The van der Waals surface area contributed by atoms with Gasteiger partial charge in [0.25, 0.3) is 0 Å². The van der Waals surface area contributed by atoms with Crippen LogP contribution in [0.5, 0.6) is 0 Å². The molecular weight excluding hydrogens is 294 g/mol. The molecule has 0 aliphatic rings. The second kappa shape index (κ2) is 6.15. The highest BCUT2D eigenvalue weighted by atomic mass is 32.2. The Hall–Kier alpha value is -1.05. The molecule has 0 saturated heterocycles. The molecule has 0 bridgehead atoms. The highest BCUT2D eigenvalue weighted by Gasteiger charge is 2.13. The van der Waals surface area contributed by atoms with Crippen LogP contribution in [-0.2, 0) is 10.0 Å². The van der Waals surface area contributed by atoms with Crippen LogP contribution >= 0.6 is 11.8 Å². The molecule has 0 spiro atoms. The van der Waals surface area contributed by atoms with E-state index in [4.69, 9.17) is 0 Å². The summed E-state index contributed by atoms with van der Waals surface area (Å²) in [5, 5.41) is 0.927. The number of para-hydroxylation sites is 2. The maximum atomic E-state index is 11.0. The van der Waals surface area contributed by atoms with Gasteiger partial charge in [-0.3, -0.25) is 0 Å². The van der Waals surface area contributed by atoms with Crippen LogP contribution in [0.4, 0.5) is 0 Å². The highest BCUT2D eigenvalue weighted by Crippen LogP contribution is 2.27. The zero-order valence-corrected chi connectivity index (χ0v) is 13.5. The summed E-state index contributed by atoms with van der Waals surface area (Å²) in [6.07, 6.45) is 1.17. The first-order valence-electron chi connectivity index (χ1n) is 6.43. The number of benzene rings is 1. The molecule has 5 nitrogen and oxygen atoms in total. The molecule has 1 aromatic heterocycles. The predicted molar refractivity (Wildman–Crippen MR) is 83.7 cm³/mol. The molecule has 20 heavy (non-hydrogen) atoms. The monoisotopic (exact) mass is 313 g/mol. The number of nitrogens with one attached hydrogen (secondary N) is 1. The third-order valence-corrected chi connectivity index (χ3v) is 4.46. The summed E-state index contributed by atoms with van der Waals surface area (Å²) in [7, 11) is -3.12. The van der Waals surface area contributed by atoms with Gasteiger partial charge in [0, 0.05) is 18.3 Å². The third kappa shape index (κ3) is 3.74. The topological polar surface area (TPSA) is 64.0 Å². The molecule has 0 atom stereocenters. The fraction of sp³-hybridized carbons (Fsp3) is 0.462. The number of nitrogens with zero attached hydrogens (tertiary/aromatic N) is 2. The lowest BCUT2D eigenvalue weighted by Gasteiger charge is -2.12. The number of thioether (sulfide) groups is 1. The number of sulfonamides is 1. The van der Waals surface area contributed by atoms with Crippen molar-refractivity contribution < 1.29 is 8.42 Å². The summed E-state index contributed by atoms with van der Waals surface area (Å²) < 4.78 is 26.7. The van der Waals surface area contributed by atoms with Crippen molar-refractivity contribution in [3.63, 3.8) is 0 Å². The van der Waals surface area contributed by atoms with Crippen LogP contribution in [0.1, 0.15) is 19.9 Å². The predicted octanol–water partition coefficient (Wildman–Crippen LogP) is 2.26. The van der Waals surface area contributed by atoms with Crippen molar-refractivity contribution in [2.75, 3.05) is 18.6 Å². The van der Waals surface area contributed by atoms with Gasteiger partial charge in [-0.05, 0) is 26.0 Å². The summed E-state index contributed by atoms with van der Waals surface area (Å²) in [5.74, 6) is 0.656. The van der Waals surface area contributed by atoms with Crippen molar-refractivity contribution in [3.05, 3.63) is 24.3 Å². The molecular formula is C13H19N3O2S2. The molecule has 0 amide bonds. The highest BCUT2D eigenvalue weighted by molar-refractivity contribution is 7.99. The van der Waals surface area contributed by atoms with E-state index in [1.165, 1.54) is 6.26 Å². The Morgan fingerprint density at radius 2 is 2.05 bits per heavy atom. The minimum Gasteiger partial charge on any atom is -0.316 e. The molecule has 110 valence electrons. The van der Waals surface area contributed by atoms with Gasteiger partial charge in [-0.25, -0.2) is 18.1 Å². The first-order valence-corrected chi connectivity index (χ1v) is 9.30. The van der Waals surface area contributed by atoms with E-state index in [1.807, 2.05) is 18.2 Å². The Bertz CT molecular complexity index is 693. The molecule has 0 radical (unpaired) electrons. The molecule has 7 heteroatoms. The lowest BCUT2D eigenvalue weighted by Crippen LogP contribution is -2.24. The van der Waals surface area contributed by atoms with Crippen molar-refractivity contribution >= 4 is 32.8 Å². The molecule has 1 aromatic carbocycles. The number of rotatable bonds is 6. The molecule has 2 aromatic rings. The Morgan fingerprint density at radius 3 is 2.70 bits per heavy atom. The normalized spacial score (nSPS) is 12.4. The zero-order valence-electron chi connectivity index (χ0n) is 11.8. The van der Waals surface area contributed by atoms with E-state index in [0.29, 0.717) is 18.3 Å². The molecule has 1 N–H and O–H groups in total. The van der Waals surface area contributed by atoms with E-state index in [-0.39, 0.29) is 0 Å². The number of aromatic nitrogens is 2. The first-order chi connectivity index (χ1) is 9.38. The number of fused-ring (bicyclic) bond motifs is 1. The van der Waals surface area contributed by atoms with Crippen LogP contribution in [0.3, 0.4) is 0 Å². The van der Waals surface area contributed by atoms with Gasteiger partial charge in [-0.2, -0.15) is 0 Å². The van der Waals surface area contributed by atoms with E-state index in [1.54, 1.807) is 11.8 Å². The fourth-order valence-electron chi connectivity index (χ4n) is 1.99. The second-order valence-corrected chi connectivity index (χ2v) is 7.76. The number of hydrogen-bond donors (Lipinski definition) is 1. The van der Waals surface area contributed by atoms with Crippen molar-refractivity contribution in [1.82, 2.24) is 14.3 Å². The lowest BCUT2D eigenvalue weighted by atomic mass is 10.3. The maximum Gasteiger partial charge on any atom is 0.208 e. The molecule has 2 rings (SSSR count). The van der Waals surface area contributed by atoms with Gasteiger partial charge < -0.3 is 4.57 Å². The summed E-state index contributed by atoms with van der Waals surface area (Å²) >= 11 is 1.57. The first kappa shape index (κ1) is 15.3. The third-order valence-electron chi connectivity index (χ3n) is 2.78. The fourth-order valence-corrected chi connectivity index (χ4v) is 3.59. The second-order valence-electron chi connectivity index (χ2n) is 4.86. The van der Waals surface area contributed by atoms with Crippen molar-refractivity contribution in [3.8, 4) is 0 Å². The minimum atomic E-state index is -3.12. The SMILES string of the molecule is CC(C)n1c(SCCNS(C)(=O)=O)nc2ccccc21. The standard InChI is InChI=1S/C13H19N3O2S2/c1-10(2)16-12-7-5-4-6-11(12)15-13(16)19-9-8-14-20(3,17)18/h4-7,10,14H,8-9H2,1-3H3. The average molecular weight is 313 g/mol. The molecule has 0 unspecified atom stereocenters. The van der Waals surface area contributed by atoms with Crippen LogP contribution in [-0.4, -0.2) is 36.5 Å². The van der Waals surface area contributed by atoms with Crippen LogP contribution < -0.4 is 4.72 Å². The van der Waals surface area contributed by atoms with Gasteiger partial charge >= 0.3 is 0 Å². The average Bonchev–Trinajstić information content (AvgIpc) is 2.71. The quantitative estimate of drug-likeness (QED) is 0.656. The molecule has 0 fully saturated rings. The Morgan fingerprint density at radius 1 is 1.35 bits per heavy atom. The van der Waals surface area contributed by atoms with E-state index >= 15 is 0 Å².